The largest absolute Gasteiger partial charge is 0.378 e. The Labute approximate surface area is 132 Å². The highest BCUT2D eigenvalue weighted by Crippen LogP contribution is 2.26. The highest BCUT2D eigenvalue weighted by molar-refractivity contribution is 7.09. The Morgan fingerprint density at radius 2 is 2.41 bits per heavy atom. The van der Waals surface area contributed by atoms with Gasteiger partial charge >= 0.3 is 0 Å². The van der Waals surface area contributed by atoms with Gasteiger partial charge in [0.25, 0.3) is 5.91 Å². The van der Waals surface area contributed by atoms with Crippen molar-refractivity contribution in [2.75, 3.05) is 20.2 Å². The van der Waals surface area contributed by atoms with Crippen molar-refractivity contribution in [1.29, 1.82) is 0 Å². The van der Waals surface area contributed by atoms with Gasteiger partial charge in [0.1, 0.15) is 10.7 Å². The molecule has 1 aliphatic heterocycles. The quantitative estimate of drug-likeness (QED) is 0.856. The summed E-state index contributed by atoms with van der Waals surface area (Å²) in [4.78, 5) is 23.0. The predicted octanol–water partition coefficient (Wildman–Crippen LogP) is 2.00. The molecule has 3 heterocycles. The first-order valence-corrected chi connectivity index (χ1v) is 8.08. The molecule has 8 heteroatoms. The zero-order valence-corrected chi connectivity index (χ0v) is 13.4. The fraction of sp³-hybridized carbons (Fsp3) is 0.571. The summed E-state index contributed by atoms with van der Waals surface area (Å²) >= 11 is 1.44. The van der Waals surface area contributed by atoms with Crippen LogP contribution in [0.4, 0.5) is 0 Å². The van der Waals surface area contributed by atoms with Crippen molar-refractivity contribution in [2.45, 2.75) is 32.3 Å². The van der Waals surface area contributed by atoms with Crippen LogP contribution in [0, 0.1) is 6.92 Å². The molecule has 1 saturated heterocycles. The van der Waals surface area contributed by atoms with Gasteiger partial charge in [0, 0.05) is 38.4 Å². The Kier molecular flexibility index (Phi) is 4.49. The van der Waals surface area contributed by atoms with E-state index in [1.165, 1.54) is 11.3 Å². The molecule has 0 saturated carbocycles. The van der Waals surface area contributed by atoms with Gasteiger partial charge in [0.15, 0.2) is 5.82 Å². The third kappa shape index (κ3) is 3.17. The Hall–Kier alpha value is -1.80. The van der Waals surface area contributed by atoms with E-state index in [-0.39, 0.29) is 11.8 Å². The van der Waals surface area contributed by atoms with E-state index in [4.69, 9.17) is 9.26 Å². The first-order valence-electron chi connectivity index (χ1n) is 7.20. The molecule has 1 fully saturated rings. The maximum absolute atomic E-state index is 12.6. The molecule has 22 heavy (non-hydrogen) atoms. The third-order valence-electron chi connectivity index (χ3n) is 3.66. The Morgan fingerprint density at radius 3 is 3.14 bits per heavy atom. The summed E-state index contributed by atoms with van der Waals surface area (Å²) in [6, 6.07) is 0. The number of thiazole rings is 1. The van der Waals surface area contributed by atoms with Crippen LogP contribution in [0.25, 0.3) is 0 Å². The molecule has 7 nitrogen and oxygen atoms in total. The van der Waals surface area contributed by atoms with Gasteiger partial charge in [-0.3, -0.25) is 4.79 Å². The van der Waals surface area contributed by atoms with Gasteiger partial charge in [-0.2, -0.15) is 4.98 Å². The summed E-state index contributed by atoms with van der Waals surface area (Å²) in [5.74, 6) is 1.34. The maximum atomic E-state index is 12.6. The molecule has 118 valence electrons. The van der Waals surface area contributed by atoms with Crippen LogP contribution in [-0.2, 0) is 11.3 Å². The SMILES string of the molecule is COCc1nc(C(=O)N2CCCC(c3noc(C)n3)C2)cs1. The molecule has 0 aromatic carbocycles. The average Bonchev–Trinajstić information content (AvgIpc) is 3.16. The van der Waals surface area contributed by atoms with Crippen molar-refractivity contribution in [2.24, 2.45) is 0 Å². The lowest BCUT2D eigenvalue weighted by molar-refractivity contribution is 0.0698. The number of aryl methyl sites for hydroxylation is 1. The van der Waals surface area contributed by atoms with Crippen LogP contribution in [0.2, 0.25) is 0 Å². The molecule has 1 amide bonds. The number of carbonyl (C=O) groups is 1. The van der Waals surface area contributed by atoms with E-state index in [1.807, 2.05) is 4.90 Å². The number of rotatable bonds is 4. The lowest BCUT2D eigenvalue weighted by atomic mass is 9.97. The van der Waals surface area contributed by atoms with Crippen LogP contribution >= 0.6 is 11.3 Å². The van der Waals surface area contributed by atoms with Gasteiger partial charge in [-0.25, -0.2) is 4.98 Å². The van der Waals surface area contributed by atoms with Crippen molar-refractivity contribution < 1.29 is 14.1 Å². The Balaban J connectivity index is 1.69. The fourth-order valence-corrected chi connectivity index (χ4v) is 3.35. The van der Waals surface area contributed by atoms with Crippen molar-refractivity contribution >= 4 is 17.2 Å². The van der Waals surface area contributed by atoms with Gasteiger partial charge in [-0.1, -0.05) is 5.16 Å². The first kappa shape index (κ1) is 15.1. The van der Waals surface area contributed by atoms with Crippen LogP contribution in [0.3, 0.4) is 0 Å². The highest BCUT2D eigenvalue weighted by Gasteiger charge is 2.29. The topological polar surface area (TPSA) is 81.4 Å². The molecule has 1 unspecified atom stereocenters. The molecule has 2 aromatic heterocycles. The molecule has 1 atom stereocenters. The first-order chi connectivity index (χ1) is 10.7. The summed E-state index contributed by atoms with van der Waals surface area (Å²) < 4.78 is 10.1. The summed E-state index contributed by atoms with van der Waals surface area (Å²) in [5.41, 5.74) is 0.488. The fourth-order valence-electron chi connectivity index (χ4n) is 2.61. The molecule has 0 N–H and O–H groups in total. The van der Waals surface area contributed by atoms with Crippen LogP contribution < -0.4 is 0 Å². The van der Waals surface area contributed by atoms with Gasteiger partial charge < -0.3 is 14.2 Å². The second kappa shape index (κ2) is 6.53. The number of methoxy groups -OCH3 is 1. The standard InChI is InChI=1S/C14H18N4O3S/c1-9-15-13(17-21-9)10-4-3-5-18(6-10)14(19)11-8-22-12(16-11)7-20-2/h8,10H,3-7H2,1-2H3. The van der Waals surface area contributed by atoms with Crippen LogP contribution in [0.15, 0.2) is 9.90 Å². The van der Waals surface area contributed by atoms with E-state index in [0.29, 0.717) is 30.6 Å². The van der Waals surface area contributed by atoms with E-state index >= 15 is 0 Å². The predicted molar refractivity (Wildman–Crippen MR) is 79.7 cm³/mol. The van der Waals surface area contributed by atoms with Gasteiger partial charge in [-0.05, 0) is 12.8 Å². The van der Waals surface area contributed by atoms with Crippen LogP contribution in [0.1, 0.15) is 46.0 Å². The van der Waals surface area contributed by atoms with Crippen molar-refractivity contribution in [3.63, 3.8) is 0 Å². The van der Waals surface area contributed by atoms with E-state index in [1.54, 1.807) is 19.4 Å². The minimum absolute atomic E-state index is 0.0384. The minimum Gasteiger partial charge on any atom is -0.378 e. The minimum atomic E-state index is -0.0384. The molecule has 2 aromatic rings. The summed E-state index contributed by atoms with van der Waals surface area (Å²) in [5, 5.41) is 6.58. The number of hydrogen-bond acceptors (Lipinski definition) is 7. The van der Waals surface area contributed by atoms with E-state index in [2.05, 4.69) is 15.1 Å². The highest BCUT2D eigenvalue weighted by atomic mass is 32.1. The molecule has 1 aliphatic rings. The summed E-state index contributed by atoms with van der Waals surface area (Å²) in [6.07, 6.45) is 1.90. The van der Waals surface area contributed by atoms with Gasteiger partial charge in [-0.15, -0.1) is 11.3 Å². The Morgan fingerprint density at radius 1 is 1.55 bits per heavy atom. The molecule has 0 bridgehead atoms. The zero-order chi connectivity index (χ0) is 15.5. The number of aromatic nitrogens is 3. The molecular weight excluding hydrogens is 304 g/mol. The van der Waals surface area contributed by atoms with E-state index < -0.39 is 0 Å². The lowest BCUT2D eigenvalue weighted by Gasteiger charge is -2.30. The smallest absolute Gasteiger partial charge is 0.273 e. The normalized spacial score (nSPS) is 18.6. The van der Waals surface area contributed by atoms with Gasteiger partial charge in [0.2, 0.25) is 5.89 Å². The number of piperidine rings is 1. The number of amides is 1. The van der Waals surface area contributed by atoms with Crippen molar-refractivity contribution in [1.82, 2.24) is 20.0 Å². The molecular formula is C14H18N4O3S. The van der Waals surface area contributed by atoms with Crippen LogP contribution in [0.5, 0.6) is 0 Å². The van der Waals surface area contributed by atoms with Crippen molar-refractivity contribution in [3.8, 4) is 0 Å². The monoisotopic (exact) mass is 322 g/mol. The Bertz CT molecular complexity index is 654. The zero-order valence-electron chi connectivity index (χ0n) is 12.6. The average molecular weight is 322 g/mol. The lowest BCUT2D eigenvalue weighted by Crippen LogP contribution is -2.39. The number of carbonyl (C=O) groups excluding carboxylic acids is 1. The molecule has 3 rings (SSSR count). The van der Waals surface area contributed by atoms with E-state index in [0.717, 1.165) is 24.4 Å². The maximum Gasteiger partial charge on any atom is 0.273 e. The van der Waals surface area contributed by atoms with Gasteiger partial charge in [0.05, 0.1) is 6.61 Å². The molecule has 0 spiro atoms. The number of ether oxygens (including phenoxy) is 1. The third-order valence-corrected chi connectivity index (χ3v) is 4.48. The summed E-state index contributed by atoms with van der Waals surface area (Å²) in [6.45, 7) is 3.55. The molecule has 0 radical (unpaired) electrons. The van der Waals surface area contributed by atoms with E-state index in [9.17, 15) is 4.79 Å². The summed E-state index contributed by atoms with van der Waals surface area (Å²) in [7, 11) is 1.62. The second-order valence-corrected chi connectivity index (χ2v) is 6.26. The van der Waals surface area contributed by atoms with Crippen LogP contribution in [-0.4, -0.2) is 46.1 Å². The number of nitrogens with zero attached hydrogens (tertiary/aromatic N) is 4. The molecule has 0 aliphatic carbocycles. The number of likely N-dealkylation sites (tertiary alicyclic amines) is 1. The number of hydrogen-bond donors (Lipinski definition) is 0. The van der Waals surface area contributed by atoms with Crippen molar-refractivity contribution in [3.05, 3.63) is 27.8 Å². The second-order valence-electron chi connectivity index (χ2n) is 5.32.